The Labute approximate surface area is 133 Å². The van der Waals surface area contributed by atoms with Crippen LogP contribution in [-0.2, 0) is 16.1 Å². The van der Waals surface area contributed by atoms with Crippen molar-refractivity contribution in [3.05, 3.63) is 35.9 Å². The predicted molar refractivity (Wildman–Crippen MR) is 88.6 cm³/mol. The van der Waals surface area contributed by atoms with Crippen LogP contribution in [0.15, 0.2) is 30.3 Å². The highest BCUT2D eigenvalue weighted by molar-refractivity contribution is 5.77. The normalized spacial score (nSPS) is 16.2. The Bertz CT molecular complexity index is 414. The van der Waals surface area contributed by atoms with Crippen molar-refractivity contribution in [2.45, 2.75) is 51.2 Å². The maximum Gasteiger partial charge on any atom is 0.246 e. The van der Waals surface area contributed by atoms with E-state index in [0.717, 1.165) is 12.1 Å². The number of nitrogens with one attached hydrogen (secondary N) is 2. The first-order chi connectivity index (χ1) is 10.8. The Morgan fingerprint density at radius 3 is 2.50 bits per heavy atom. The van der Waals surface area contributed by atoms with Crippen LogP contribution < -0.4 is 10.6 Å². The number of hydrogen-bond acceptors (Lipinski definition) is 3. The van der Waals surface area contributed by atoms with Crippen molar-refractivity contribution < 1.29 is 9.53 Å². The topological polar surface area (TPSA) is 50.4 Å². The lowest BCUT2D eigenvalue weighted by molar-refractivity contribution is -0.126. The summed E-state index contributed by atoms with van der Waals surface area (Å²) < 4.78 is 5.41. The van der Waals surface area contributed by atoms with Crippen LogP contribution in [0.4, 0.5) is 0 Å². The molecule has 22 heavy (non-hydrogen) atoms. The van der Waals surface area contributed by atoms with Gasteiger partial charge in [0.05, 0.1) is 6.61 Å². The third-order valence-electron chi connectivity index (χ3n) is 4.08. The zero-order valence-corrected chi connectivity index (χ0v) is 13.4. The lowest BCUT2D eigenvalue weighted by Gasteiger charge is -2.16. The molecule has 1 saturated carbocycles. The van der Waals surface area contributed by atoms with E-state index in [1.807, 2.05) is 30.3 Å². The van der Waals surface area contributed by atoms with Crippen molar-refractivity contribution in [1.82, 2.24) is 10.6 Å². The Kier molecular flexibility index (Phi) is 7.99. The number of rotatable bonds is 8. The first-order valence-electron chi connectivity index (χ1n) is 8.46. The van der Waals surface area contributed by atoms with Gasteiger partial charge in [0.2, 0.25) is 5.91 Å². The molecule has 0 unspecified atom stereocenters. The van der Waals surface area contributed by atoms with Gasteiger partial charge in [-0.05, 0) is 18.4 Å². The molecule has 0 saturated heterocycles. The van der Waals surface area contributed by atoms with Gasteiger partial charge in [0.15, 0.2) is 0 Å². The minimum atomic E-state index is -0.0430. The third-order valence-corrected chi connectivity index (χ3v) is 4.08. The van der Waals surface area contributed by atoms with Gasteiger partial charge in [-0.3, -0.25) is 4.79 Å². The first-order valence-corrected chi connectivity index (χ1v) is 8.46. The van der Waals surface area contributed by atoms with Gasteiger partial charge >= 0.3 is 0 Å². The highest BCUT2D eigenvalue weighted by atomic mass is 16.5. The van der Waals surface area contributed by atoms with Gasteiger partial charge in [-0.1, -0.05) is 56.0 Å². The number of carbonyl (C=O) groups is 1. The van der Waals surface area contributed by atoms with Crippen LogP contribution in [0.1, 0.15) is 44.1 Å². The Morgan fingerprint density at radius 2 is 1.77 bits per heavy atom. The van der Waals surface area contributed by atoms with Crippen molar-refractivity contribution >= 4 is 5.91 Å². The van der Waals surface area contributed by atoms with E-state index in [1.54, 1.807) is 0 Å². The Balaban J connectivity index is 1.48. The molecule has 0 heterocycles. The lowest BCUT2D eigenvalue weighted by Crippen LogP contribution is -2.38. The molecule has 2 rings (SSSR count). The fourth-order valence-electron chi connectivity index (χ4n) is 2.85. The SMILES string of the molecule is O=C(COCc1ccccc1)NCCNC1CCCCCC1. The molecule has 1 aromatic rings. The smallest absolute Gasteiger partial charge is 0.246 e. The van der Waals surface area contributed by atoms with Gasteiger partial charge < -0.3 is 15.4 Å². The monoisotopic (exact) mass is 304 g/mol. The van der Waals surface area contributed by atoms with Crippen LogP contribution in [0.3, 0.4) is 0 Å². The number of hydrogen-bond donors (Lipinski definition) is 2. The second kappa shape index (κ2) is 10.4. The molecule has 2 N–H and O–H groups in total. The van der Waals surface area contributed by atoms with Crippen LogP contribution in [-0.4, -0.2) is 31.6 Å². The number of ether oxygens (including phenoxy) is 1. The molecule has 0 bridgehead atoms. The molecule has 1 amide bonds. The highest BCUT2D eigenvalue weighted by Gasteiger charge is 2.10. The summed E-state index contributed by atoms with van der Waals surface area (Å²) in [7, 11) is 0. The summed E-state index contributed by atoms with van der Waals surface area (Å²) in [6.07, 6.45) is 7.94. The van der Waals surface area contributed by atoms with E-state index in [2.05, 4.69) is 10.6 Å². The quantitative estimate of drug-likeness (QED) is 0.573. The Hall–Kier alpha value is -1.39. The van der Waals surface area contributed by atoms with Gasteiger partial charge in [-0.15, -0.1) is 0 Å². The largest absolute Gasteiger partial charge is 0.367 e. The fourth-order valence-corrected chi connectivity index (χ4v) is 2.85. The van der Waals surface area contributed by atoms with E-state index < -0.39 is 0 Å². The molecule has 1 aliphatic carbocycles. The summed E-state index contributed by atoms with van der Waals surface area (Å²) in [6.45, 7) is 2.12. The average molecular weight is 304 g/mol. The van der Waals surface area contributed by atoms with Crippen LogP contribution in [0, 0.1) is 0 Å². The molecular weight excluding hydrogens is 276 g/mol. The molecule has 0 aliphatic heterocycles. The van der Waals surface area contributed by atoms with Crippen LogP contribution in [0.5, 0.6) is 0 Å². The van der Waals surface area contributed by atoms with Crippen molar-refractivity contribution in [3.8, 4) is 0 Å². The van der Waals surface area contributed by atoms with Crippen molar-refractivity contribution in [1.29, 1.82) is 0 Å². The molecule has 1 fully saturated rings. The zero-order chi connectivity index (χ0) is 15.5. The van der Waals surface area contributed by atoms with Gasteiger partial charge in [0.25, 0.3) is 0 Å². The Morgan fingerprint density at radius 1 is 1.05 bits per heavy atom. The van der Waals surface area contributed by atoms with Crippen molar-refractivity contribution in [2.24, 2.45) is 0 Å². The number of benzene rings is 1. The molecule has 0 radical (unpaired) electrons. The molecular formula is C18H28N2O2. The molecule has 122 valence electrons. The van der Waals surface area contributed by atoms with E-state index in [4.69, 9.17) is 4.74 Å². The van der Waals surface area contributed by atoms with E-state index in [1.165, 1.54) is 38.5 Å². The van der Waals surface area contributed by atoms with E-state index in [0.29, 0.717) is 19.2 Å². The summed E-state index contributed by atoms with van der Waals surface area (Å²) in [5.74, 6) is -0.0430. The van der Waals surface area contributed by atoms with Crippen LogP contribution >= 0.6 is 0 Å². The summed E-state index contributed by atoms with van der Waals surface area (Å²) in [5.41, 5.74) is 1.09. The molecule has 4 nitrogen and oxygen atoms in total. The van der Waals surface area contributed by atoms with Gasteiger partial charge in [0, 0.05) is 19.1 Å². The predicted octanol–water partition coefficient (Wildman–Crippen LogP) is 2.63. The lowest BCUT2D eigenvalue weighted by atomic mass is 10.1. The number of amides is 1. The first kappa shape index (κ1) is 17.0. The van der Waals surface area contributed by atoms with E-state index >= 15 is 0 Å². The van der Waals surface area contributed by atoms with Crippen LogP contribution in [0.2, 0.25) is 0 Å². The summed E-state index contributed by atoms with van der Waals surface area (Å²) in [5, 5.41) is 6.44. The second-order valence-corrected chi connectivity index (χ2v) is 5.97. The van der Waals surface area contributed by atoms with Gasteiger partial charge in [-0.25, -0.2) is 0 Å². The van der Waals surface area contributed by atoms with Gasteiger partial charge in [0.1, 0.15) is 6.61 Å². The molecule has 4 heteroatoms. The van der Waals surface area contributed by atoms with E-state index in [9.17, 15) is 4.79 Å². The van der Waals surface area contributed by atoms with Crippen molar-refractivity contribution in [3.63, 3.8) is 0 Å². The standard InChI is InChI=1S/C18H28N2O2/c21-18(15-22-14-16-8-4-3-5-9-16)20-13-12-19-17-10-6-1-2-7-11-17/h3-5,8-9,17,19H,1-2,6-7,10-15H2,(H,20,21). The summed E-state index contributed by atoms with van der Waals surface area (Å²) >= 11 is 0. The van der Waals surface area contributed by atoms with Gasteiger partial charge in [-0.2, -0.15) is 0 Å². The number of carbonyl (C=O) groups excluding carboxylic acids is 1. The zero-order valence-electron chi connectivity index (χ0n) is 13.4. The van der Waals surface area contributed by atoms with Crippen molar-refractivity contribution in [2.75, 3.05) is 19.7 Å². The molecule has 1 aliphatic rings. The maximum absolute atomic E-state index is 11.7. The molecule has 0 spiro atoms. The maximum atomic E-state index is 11.7. The summed E-state index contributed by atoms with van der Waals surface area (Å²) in [4.78, 5) is 11.7. The fraction of sp³-hybridized carbons (Fsp3) is 0.611. The molecule has 1 aromatic carbocycles. The van der Waals surface area contributed by atoms with E-state index in [-0.39, 0.29) is 12.5 Å². The van der Waals surface area contributed by atoms with Crippen LogP contribution in [0.25, 0.3) is 0 Å². The molecule has 0 aromatic heterocycles. The highest BCUT2D eigenvalue weighted by Crippen LogP contribution is 2.16. The summed E-state index contributed by atoms with van der Waals surface area (Å²) in [6, 6.07) is 10.5. The third kappa shape index (κ3) is 7.05. The minimum Gasteiger partial charge on any atom is -0.367 e. The second-order valence-electron chi connectivity index (χ2n) is 5.97. The average Bonchev–Trinajstić information content (AvgIpc) is 2.81. The minimum absolute atomic E-state index is 0.0430. The molecule has 0 atom stereocenters.